The van der Waals surface area contributed by atoms with Crippen LogP contribution in [0.4, 0.5) is 0 Å². The molecule has 3 N–H and O–H groups in total. The summed E-state index contributed by atoms with van der Waals surface area (Å²) in [7, 11) is 0. The second kappa shape index (κ2) is 11.6. The molecule has 0 aromatic heterocycles. The van der Waals surface area contributed by atoms with Gasteiger partial charge in [0.05, 0.1) is 25.9 Å². The zero-order valence-electron chi connectivity index (χ0n) is 17.3. The van der Waals surface area contributed by atoms with Crippen molar-refractivity contribution in [3.05, 3.63) is 71.3 Å². The van der Waals surface area contributed by atoms with Crippen LogP contribution in [0.3, 0.4) is 0 Å². The number of guanidine groups is 1. The molecule has 1 aliphatic carbocycles. The van der Waals surface area contributed by atoms with Gasteiger partial charge in [-0.15, -0.1) is 0 Å². The molecule has 1 aliphatic rings. The van der Waals surface area contributed by atoms with Gasteiger partial charge < -0.3 is 20.5 Å². The monoisotopic (exact) mass is 395 g/mol. The third-order valence-electron chi connectivity index (χ3n) is 5.17. The third kappa shape index (κ3) is 7.52. The summed E-state index contributed by atoms with van der Waals surface area (Å²) >= 11 is 0. The molecule has 2 aromatic rings. The number of aliphatic imine (C=N–C) groups is 1. The van der Waals surface area contributed by atoms with Crippen LogP contribution in [-0.2, 0) is 24.5 Å². The maximum atomic E-state index is 9.68. The van der Waals surface area contributed by atoms with Crippen molar-refractivity contribution in [3.8, 4) is 0 Å². The fraction of sp³-hybridized carbons (Fsp3) is 0.458. The minimum Gasteiger partial charge on any atom is -0.393 e. The number of hydrogen-bond donors (Lipinski definition) is 3. The summed E-state index contributed by atoms with van der Waals surface area (Å²) in [6.07, 6.45) is 3.56. The Morgan fingerprint density at radius 1 is 0.966 bits per heavy atom. The molecule has 1 fully saturated rings. The minimum absolute atomic E-state index is 0.139. The Kier molecular flexibility index (Phi) is 8.53. The van der Waals surface area contributed by atoms with E-state index in [1.807, 2.05) is 18.2 Å². The van der Waals surface area contributed by atoms with Gasteiger partial charge in [0.25, 0.3) is 0 Å². The molecule has 29 heavy (non-hydrogen) atoms. The molecule has 0 saturated heterocycles. The molecule has 2 aromatic carbocycles. The van der Waals surface area contributed by atoms with Crippen molar-refractivity contribution in [2.24, 2.45) is 4.99 Å². The van der Waals surface area contributed by atoms with Crippen LogP contribution in [0.1, 0.15) is 49.3 Å². The largest absolute Gasteiger partial charge is 0.393 e. The first kappa shape index (κ1) is 21.3. The summed E-state index contributed by atoms with van der Waals surface area (Å²) in [6.45, 7) is 4.74. The number of nitrogens with zero attached hydrogens (tertiary/aromatic N) is 1. The summed E-state index contributed by atoms with van der Waals surface area (Å²) in [4.78, 5) is 4.76. The van der Waals surface area contributed by atoms with E-state index in [4.69, 9.17) is 9.73 Å². The Morgan fingerprint density at radius 2 is 1.66 bits per heavy atom. The first-order valence-corrected chi connectivity index (χ1v) is 10.7. The Bertz CT molecular complexity index is 756. The van der Waals surface area contributed by atoms with Gasteiger partial charge in [-0.2, -0.15) is 0 Å². The lowest BCUT2D eigenvalue weighted by Crippen LogP contribution is -2.45. The second-order valence-electron chi connectivity index (χ2n) is 7.64. The number of nitrogens with one attached hydrogen (secondary N) is 2. The molecule has 0 radical (unpaired) electrons. The summed E-state index contributed by atoms with van der Waals surface area (Å²) < 4.78 is 5.85. The molecular weight excluding hydrogens is 362 g/mol. The molecule has 0 bridgehead atoms. The van der Waals surface area contributed by atoms with E-state index in [-0.39, 0.29) is 6.10 Å². The highest BCUT2D eigenvalue weighted by Gasteiger charge is 2.19. The van der Waals surface area contributed by atoms with Crippen LogP contribution < -0.4 is 10.6 Å². The van der Waals surface area contributed by atoms with Crippen molar-refractivity contribution < 1.29 is 9.84 Å². The lowest BCUT2D eigenvalue weighted by molar-refractivity contribution is 0.107. The van der Waals surface area contributed by atoms with E-state index in [1.54, 1.807) is 0 Å². The van der Waals surface area contributed by atoms with Gasteiger partial charge in [0.2, 0.25) is 0 Å². The van der Waals surface area contributed by atoms with Gasteiger partial charge in [-0.05, 0) is 49.3 Å². The Labute approximate surface area is 174 Å². The van der Waals surface area contributed by atoms with Crippen LogP contribution in [0.15, 0.2) is 59.6 Å². The zero-order valence-corrected chi connectivity index (χ0v) is 17.3. The van der Waals surface area contributed by atoms with Crippen LogP contribution in [0.5, 0.6) is 0 Å². The molecule has 0 heterocycles. The Morgan fingerprint density at radius 3 is 2.41 bits per heavy atom. The number of aliphatic hydroxyl groups excluding tert-OH is 1. The topological polar surface area (TPSA) is 65.9 Å². The maximum absolute atomic E-state index is 9.68. The normalized spacial score (nSPS) is 19.7. The van der Waals surface area contributed by atoms with Gasteiger partial charge >= 0.3 is 0 Å². The van der Waals surface area contributed by atoms with E-state index in [9.17, 15) is 5.11 Å². The van der Waals surface area contributed by atoms with Crippen LogP contribution in [0, 0.1) is 0 Å². The van der Waals surface area contributed by atoms with E-state index in [0.29, 0.717) is 25.8 Å². The highest BCUT2D eigenvalue weighted by Crippen LogP contribution is 2.18. The van der Waals surface area contributed by atoms with Gasteiger partial charge in [-0.25, -0.2) is 4.99 Å². The predicted molar refractivity (Wildman–Crippen MR) is 118 cm³/mol. The van der Waals surface area contributed by atoms with E-state index in [0.717, 1.165) is 43.8 Å². The molecule has 0 aliphatic heterocycles. The highest BCUT2D eigenvalue weighted by atomic mass is 16.5. The quantitative estimate of drug-likeness (QED) is 0.470. The second-order valence-corrected chi connectivity index (χ2v) is 7.64. The van der Waals surface area contributed by atoms with Crippen molar-refractivity contribution in [2.45, 2.75) is 64.5 Å². The molecule has 5 nitrogen and oxygen atoms in total. The van der Waals surface area contributed by atoms with Crippen molar-refractivity contribution in [3.63, 3.8) is 0 Å². The minimum atomic E-state index is -0.139. The first-order valence-electron chi connectivity index (χ1n) is 10.7. The number of aliphatic hydroxyl groups is 1. The maximum Gasteiger partial charge on any atom is 0.191 e. The molecule has 3 rings (SSSR count). The molecule has 0 unspecified atom stereocenters. The fourth-order valence-electron chi connectivity index (χ4n) is 3.58. The van der Waals surface area contributed by atoms with Crippen LogP contribution in [0.25, 0.3) is 0 Å². The average Bonchev–Trinajstić information content (AvgIpc) is 2.75. The average molecular weight is 396 g/mol. The van der Waals surface area contributed by atoms with Crippen LogP contribution in [0.2, 0.25) is 0 Å². The molecule has 5 heteroatoms. The predicted octanol–water partition coefficient (Wildman–Crippen LogP) is 3.76. The zero-order chi connectivity index (χ0) is 20.3. The third-order valence-corrected chi connectivity index (χ3v) is 5.17. The van der Waals surface area contributed by atoms with Crippen molar-refractivity contribution in [1.29, 1.82) is 0 Å². The summed E-state index contributed by atoms with van der Waals surface area (Å²) in [5.74, 6) is 0.847. The Balaban J connectivity index is 1.51. The van der Waals surface area contributed by atoms with Gasteiger partial charge in [0.15, 0.2) is 5.96 Å². The standard InChI is InChI=1S/C24H33N3O2/c1-2-25-24(27-22-11-13-23(28)14-12-22)26-16-20-9-6-10-21(15-20)18-29-17-19-7-4-3-5-8-19/h3-10,15,22-23,28H,2,11-14,16-18H2,1H3,(H2,25,26,27). The van der Waals surface area contributed by atoms with Crippen LogP contribution >= 0.6 is 0 Å². The van der Waals surface area contributed by atoms with E-state index < -0.39 is 0 Å². The van der Waals surface area contributed by atoms with E-state index in [2.05, 4.69) is 54.0 Å². The lowest BCUT2D eigenvalue weighted by atomic mass is 9.93. The van der Waals surface area contributed by atoms with Crippen LogP contribution in [-0.4, -0.2) is 29.8 Å². The fourth-order valence-corrected chi connectivity index (χ4v) is 3.58. The summed E-state index contributed by atoms with van der Waals surface area (Å²) in [5.41, 5.74) is 3.51. The van der Waals surface area contributed by atoms with Gasteiger partial charge in [-0.1, -0.05) is 54.6 Å². The van der Waals surface area contributed by atoms with Gasteiger partial charge in [0, 0.05) is 12.6 Å². The van der Waals surface area contributed by atoms with E-state index >= 15 is 0 Å². The van der Waals surface area contributed by atoms with Crippen molar-refractivity contribution >= 4 is 5.96 Å². The first-order chi connectivity index (χ1) is 14.2. The molecule has 0 amide bonds. The highest BCUT2D eigenvalue weighted by molar-refractivity contribution is 5.80. The molecule has 1 saturated carbocycles. The number of rotatable bonds is 8. The number of ether oxygens (including phenoxy) is 1. The molecule has 156 valence electrons. The smallest absolute Gasteiger partial charge is 0.191 e. The van der Waals surface area contributed by atoms with Gasteiger partial charge in [-0.3, -0.25) is 0 Å². The lowest BCUT2D eigenvalue weighted by Gasteiger charge is -2.27. The molecule has 0 atom stereocenters. The van der Waals surface area contributed by atoms with Crippen molar-refractivity contribution in [2.75, 3.05) is 6.54 Å². The number of hydrogen-bond acceptors (Lipinski definition) is 3. The Hall–Kier alpha value is -2.37. The molecule has 0 spiro atoms. The summed E-state index contributed by atoms with van der Waals surface area (Å²) in [5, 5.41) is 16.5. The molecular formula is C24H33N3O2. The summed E-state index contributed by atoms with van der Waals surface area (Å²) in [6, 6.07) is 19.0. The van der Waals surface area contributed by atoms with E-state index in [1.165, 1.54) is 11.1 Å². The SMILES string of the molecule is CCNC(=NCc1cccc(COCc2ccccc2)c1)NC1CCC(O)CC1. The number of benzene rings is 2. The van der Waals surface area contributed by atoms with Crippen molar-refractivity contribution in [1.82, 2.24) is 10.6 Å². The van der Waals surface area contributed by atoms with Gasteiger partial charge in [0.1, 0.15) is 0 Å².